The van der Waals surface area contributed by atoms with Gasteiger partial charge in [0.2, 0.25) is 0 Å². The first-order valence-corrected chi connectivity index (χ1v) is 5.42. The van der Waals surface area contributed by atoms with E-state index in [1.54, 1.807) is 36.4 Å². The molecule has 0 saturated carbocycles. The Morgan fingerprint density at radius 1 is 1.11 bits per heavy atom. The lowest BCUT2D eigenvalue weighted by Crippen LogP contribution is -1.93. The molecule has 0 heterocycles. The van der Waals surface area contributed by atoms with E-state index in [0.29, 0.717) is 11.1 Å². The van der Waals surface area contributed by atoms with E-state index in [-0.39, 0.29) is 5.69 Å². The average molecular weight is 241 g/mol. The number of nitro benzene ring substituents is 1. The van der Waals surface area contributed by atoms with E-state index in [1.165, 1.54) is 6.07 Å². The summed E-state index contributed by atoms with van der Waals surface area (Å²) in [6, 6.07) is 11.7. The molecule has 0 aliphatic rings. The van der Waals surface area contributed by atoms with Gasteiger partial charge in [0.25, 0.3) is 5.69 Å². The van der Waals surface area contributed by atoms with Crippen LogP contribution in [0.25, 0.3) is 11.1 Å². The molecule has 0 aromatic heterocycles. The van der Waals surface area contributed by atoms with Crippen molar-refractivity contribution >= 4 is 12.0 Å². The maximum atomic E-state index is 11.0. The number of benzene rings is 2. The average Bonchev–Trinajstić information content (AvgIpc) is 2.38. The van der Waals surface area contributed by atoms with Gasteiger partial charge in [0, 0.05) is 11.6 Å². The van der Waals surface area contributed by atoms with Crippen molar-refractivity contribution in [3.63, 3.8) is 0 Å². The molecule has 4 heteroatoms. The molecule has 2 aromatic carbocycles. The van der Waals surface area contributed by atoms with E-state index in [9.17, 15) is 14.9 Å². The summed E-state index contributed by atoms with van der Waals surface area (Å²) >= 11 is 0. The third kappa shape index (κ3) is 2.27. The van der Waals surface area contributed by atoms with Gasteiger partial charge in [-0.1, -0.05) is 35.9 Å². The highest BCUT2D eigenvalue weighted by Crippen LogP contribution is 2.30. The molecule has 0 spiro atoms. The Kier molecular flexibility index (Phi) is 3.19. The summed E-state index contributed by atoms with van der Waals surface area (Å²) in [4.78, 5) is 21.2. The molecule has 2 rings (SSSR count). The first-order chi connectivity index (χ1) is 8.61. The number of aryl methyl sites for hydroxylation is 1. The Labute approximate surface area is 104 Å². The van der Waals surface area contributed by atoms with Crippen molar-refractivity contribution in [2.24, 2.45) is 0 Å². The molecule has 0 saturated heterocycles. The van der Waals surface area contributed by atoms with Crippen LogP contribution >= 0.6 is 0 Å². The van der Waals surface area contributed by atoms with Gasteiger partial charge >= 0.3 is 0 Å². The molecule has 2 aromatic rings. The largest absolute Gasteiger partial charge is 0.298 e. The van der Waals surface area contributed by atoms with Crippen molar-refractivity contribution in [2.75, 3.05) is 0 Å². The summed E-state index contributed by atoms with van der Waals surface area (Å²) in [7, 11) is 0. The highest BCUT2D eigenvalue weighted by atomic mass is 16.6. The van der Waals surface area contributed by atoms with Crippen LogP contribution in [0.4, 0.5) is 5.69 Å². The van der Waals surface area contributed by atoms with Gasteiger partial charge in [-0.3, -0.25) is 14.9 Å². The van der Waals surface area contributed by atoms with Crippen LogP contribution in [0.3, 0.4) is 0 Å². The molecule has 18 heavy (non-hydrogen) atoms. The summed E-state index contributed by atoms with van der Waals surface area (Å²) in [5.41, 5.74) is 2.87. The summed E-state index contributed by atoms with van der Waals surface area (Å²) in [6.07, 6.45) is 0.744. The van der Waals surface area contributed by atoms with Crippen LogP contribution in [0.15, 0.2) is 42.5 Å². The predicted molar refractivity (Wildman–Crippen MR) is 68.7 cm³/mol. The minimum Gasteiger partial charge on any atom is -0.298 e. The molecule has 0 radical (unpaired) electrons. The molecule has 0 fully saturated rings. The highest BCUT2D eigenvalue weighted by molar-refractivity contribution is 5.79. The quantitative estimate of drug-likeness (QED) is 0.470. The summed E-state index contributed by atoms with van der Waals surface area (Å²) in [5, 5.41) is 11.0. The van der Waals surface area contributed by atoms with Gasteiger partial charge in [0.05, 0.1) is 10.5 Å². The zero-order chi connectivity index (χ0) is 13.1. The second-order valence-electron chi connectivity index (χ2n) is 4.02. The smallest absolute Gasteiger partial charge is 0.277 e. The van der Waals surface area contributed by atoms with Crippen LogP contribution in [0.5, 0.6) is 0 Å². The number of rotatable bonds is 3. The Morgan fingerprint density at radius 2 is 1.78 bits per heavy atom. The minimum atomic E-state index is -0.400. The normalized spacial score (nSPS) is 10.1. The number of nitrogens with zero attached hydrogens (tertiary/aromatic N) is 1. The number of carbonyl (C=O) groups is 1. The molecule has 0 unspecified atom stereocenters. The SMILES string of the molecule is Cc1ccc([N+](=O)[O-])c(-c2ccc(C=O)cc2)c1. The zero-order valence-corrected chi connectivity index (χ0v) is 9.79. The Morgan fingerprint density at radius 3 is 2.33 bits per heavy atom. The zero-order valence-electron chi connectivity index (χ0n) is 9.79. The number of carbonyl (C=O) groups excluding carboxylic acids is 1. The van der Waals surface area contributed by atoms with E-state index >= 15 is 0 Å². The van der Waals surface area contributed by atoms with Crippen LogP contribution < -0.4 is 0 Å². The van der Waals surface area contributed by atoms with Gasteiger partial charge < -0.3 is 0 Å². The molecule has 0 N–H and O–H groups in total. The standard InChI is InChI=1S/C14H11NO3/c1-10-2-7-14(15(17)18)13(8-10)12-5-3-11(9-16)4-6-12/h2-9H,1H3. The topological polar surface area (TPSA) is 60.2 Å². The van der Waals surface area contributed by atoms with E-state index in [2.05, 4.69) is 0 Å². The molecule has 0 bridgehead atoms. The van der Waals surface area contributed by atoms with Gasteiger partial charge in [-0.25, -0.2) is 0 Å². The number of aldehydes is 1. The fourth-order valence-electron chi connectivity index (χ4n) is 1.78. The van der Waals surface area contributed by atoms with E-state index in [0.717, 1.165) is 17.4 Å². The van der Waals surface area contributed by atoms with Crippen LogP contribution in [-0.2, 0) is 0 Å². The van der Waals surface area contributed by atoms with Crippen molar-refractivity contribution < 1.29 is 9.72 Å². The lowest BCUT2D eigenvalue weighted by Gasteiger charge is -2.04. The van der Waals surface area contributed by atoms with Crippen molar-refractivity contribution in [3.05, 3.63) is 63.7 Å². The molecule has 0 aliphatic carbocycles. The van der Waals surface area contributed by atoms with Crippen LogP contribution in [0.1, 0.15) is 15.9 Å². The molecule has 4 nitrogen and oxygen atoms in total. The molecular weight excluding hydrogens is 230 g/mol. The third-order valence-electron chi connectivity index (χ3n) is 2.71. The molecule has 0 amide bonds. The lowest BCUT2D eigenvalue weighted by atomic mass is 10.0. The fourth-order valence-corrected chi connectivity index (χ4v) is 1.78. The summed E-state index contributed by atoms with van der Waals surface area (Å²) < 4.78 is 0. The van der Waals surface area contributed by atoms with E-state index in [1.807, 2.05) is 6.92 Å². The third-order valence-corrected chi connectivity index (χ3v) is 2.71. The fraction of sp³-hybridized carbons (Fsp3) is 0.0714. The maximum Gasteiger partial charge on any atom is 0.277 e. The summed E-state index contributed by atoms with van der Waals surface area (Å²) in [6.45, 7) is 1.88. The van der Waals surface area contributed by atoms with Gasteiger partial charge in [-0.15, -0.1) is 0 Å². The lowest BCUT2D eigenvalue weighted by molar-refractivity contribution is -0.384. The maximum absolute atomic E-state index is 11.0. The Balaban J connectivity index is 2.57. The van der Waals surface area contributed by atoms with Gasteiger partial charge in [-0.05, 0) is 18.6 Å². The Bertz CT molecular complexity index is 603. The first-order valence-electron chi connectivity index (χ1n) is 5.42. The van der Waals surface area contributed by atoms with Gasteiger partial charge in [0.15, 0.2) is 0 Å². The van der Waals surface area contributed by atoms with Crippen LogP contribution in [-0.4, -0.2) is 11.2 Å². The number of hydrogen-bond acceptors (Lipinski definition) is 3. The van der Waals surface area contributed by atoms with E-state index in [4.69, 9.17) is 0 Å². The second kappa shape index (κ2) is 4.79. The van der Waals surface area contributed by atoms with Gasteiger partial charge in [0.1, 0.15) is 6.29 Å². The highest BCUT2D eigenvalue weighted by Gasteiger charge is 2.14. The monoisotopic (exact) mass is 241 g/mol. The van der Waals surface area contributed by atoms with E-state index < -0.39 is 4.92 Å². The first kappa shape index (κ1) is 12.0. The van der Waals surface area contributed by atoms with Crippen molar-refractivity contribution in [2.45, 2.75) is 6.92 Å². The van der Waals surface area contributed by atoms with Gasteiger partial charge in [-0.2, -0.15) is 0 Å². The molecule has 0 atom stereocenters. The van der Waals surface area contributed by atoms with Crippen molar-refractivity contribution in [3.8, 4) is 11.1 Å². The van der Waals surface area contributed by atoms with Crippen LogP contribution in [0, 0.1) is 17.0 Å². The van der Waals surface area contributed by atoms with Crippen LogP contribution in [0.2, 0.25) is 0 Å². The molecule has 90 valence electrons. The Hall–Kier alpha value is -2.49. The minimum absolute atomic E-state index is 0.0689. The molecule has 0 aliphatic heterocycles. The van der Waals surface area contributed by atoms with Crippen molar-refractivity contribution in [1.82, 2.24) is 0 Å². The molecular formula is C14H11NO3. The predicted octanol–water partition coefficient (Wildman–Crippen LogP) is 3.38. The number of hydrogen-bond donors (Lipinski definition) is 0. The number of nitro groups is 1. The second-order valence-corrected chi connectivity index (χ2v) is 4.02. The van der Waals surface area contributed by atoms with Crippen molar-refractivity contribution in [1.29, 1.82) is 0 Å². The summed E-state index contributed by atoms with van der Waals surface area (Å²) in [5.74, 6) is 0.